The molecule has 0 spiro atoms. The van der Waals surface area contributed by atoms with Gasteiger partial charge in [0.2, 0.25) is 0 Å². The summed E-state index contributed by atoms with van der Waals surface area (Å²) in [4.78, 5) is 8.66. The van der Waals surface area contributed by atoms with Gasteiger partial charge in [0.25, 0.3) is 0 Å². The van der Waals surface area contributed by atoms with Crippen molar-refractivity contribution in [2.75, 3.05) is 26.2 Å². The normalized spacial score (nSPS) is 18.8. The lowest BCUT2D eigenvalue weighted by Gasteiger charge is -2.41. The lowest BCUT2D eigenvalue weighted by molar-refractivity contribution is 0.0480. The minimum absolute atomic E-state index is 0.00783. The molecule has 2 aromatic rings. The summed E-state index contributed by atoms with van der Waals surface area (Å²) in [6.07, 6.45) is 0.552. The van der Waals surface area contributed by atoms with E-state index in [1.807, 2.05) is 30.0 Å². The number of hydrogen-bond donors (Lipinski definition) is 1. The quantitative estimate of drug-likeness (QED) is 0.784. The van der Waals surface area contributed by atoms with Crippen molar-refractivity contribution in [1.82, 2.24) is 14.8 Å². The van der Waals surface area contributed by atoms with E-state index in [2.05, 4.69) is 9.88 Å². The molecule has 1 aromatic carbocycles. The Hall–Kier alpha value is -1.96. The smallest absolute Gasteiger partial charge is 0.166 e. The Labute approximate surface area is 157 Å². The Morgan fingerprint density at radius 1 is 1.07 bits per heavy atom. The highest BCUT2D eigenvalue weighted by molar-refractivity contribution is 5.21. The SMILES string of the molecule is Cc1cccc(CN2CCN(Cc3c(F)ccc(F)c3F)C[C@@H]2CCO)n1. The minimum Gasteiger partial charge on any atom is -0.396 e. The monoisotopic (exact) mass is 379 g/mol. The van der Waals surface area contributed by atoms with Gasteiger partial charge in [0.15, 0.2) is 11.6 Å². The van der Waals surface area contributed by atoms with Crippen LogP contribution in [0.2, 0.25) is 0 Å². The van der Waals surface area contributed by atoms with E-state index in [1.165, 1.54) is 0 Å². The first-order chi connectivity index (χ1) is 13.0. The number of aryl methyl sites for hydroxylation is 1. The predicted molar refractivity (Wildman–Crippen MR) is 96.5 cm³/mol. The average Bonchev–Trinajstić information content (AvgIpc) is 2.64. The van der Waals surface area contributed by atoms with Gasteiger partial charge in [-0.3, -0.25) is 14.8 Å². The molecular weight excluding hydrogens is 355 g/mol. The molecule has 146 valence electrons. The third-order valence-electron chi connectivity index (χ3n) is 4.98. The summed E-state index contributed by atoms with van der Waals surface area (Å²) in [5, 5.41) is 9.42. The number of nitrogens with zero attached hydrogens (tertiary/aromatic N) is 3. The zero-order valence-corrected chi connectivity index (χ0v) is 15.3. The van der Waals surface area contributed by atoms with Gasteiger partial charge < -0.3 is 5.11 Å². The Morgan fingerprint density at radius 3 is 2.59 bits per heavy atom. The Morgan fingerprint density at radius 2 is 1.85 bits per heavy atom. The first-order valence-electron chi connectivity index (χ1n) is 9.10. The maximum absolute atomic E-state index is 14.0. The lowest BCUT2D eigenvalue weighted by Crippen LogP contribution is -2.52. The Kier molecular flexibility index (Phi) is 6.46. The van der Waals surface area contributed by atoms with Crippen LogP contribution < -0.4 is 0 Å². The topological polar surface area (TPSA) is 39.6 Å². The number of hydrogen-bond acceptors (Lipinski definition) is 4. The van der Waals surface area contributed by atoms with E-state index in [-0.39, 0.29) is 24.8 Å². The van der Waals surface area contributed by atoms with Crippen molar-refractivity contribution in [1.29, 1.82) is 0 Å². The van der Waals surface area contributed by atoms with Crippen molar-refractivity contribution < 1.29 is 18.3 Å². The van der Waals surface area contributed by atoms with E-state index in [4.69, 9.17) is 0 Å². The lowest BCUT2D eigenvalue weighted by atomic mass is 10.1. The van der Waals surface area contributed by atoms with Crippen LogP contribution in [0.3, 0.4) is 0 Å². The molecule has 0 unspecified atom stereocenters. The first-order valence-corrected chi connectivity index (χ1v) is 9.10. The molecule has 2 heterocycles. The van der Waals surface area contributed by atoms with Gasteiger partial charge >= 0.3 is 0 Å². The van der Waals surface area contributed by atoms with Crippen molar-refractivity contribution in [3.05, 3.63) is 64.7 Å². The number of rotatable bonds is 6. The van der Waals surface area contributed by atoms with Gasteiger partial charge in [0.05, 0.1) is 5.69 Å². The summed E-state index contributed by atoms with van der Waals surface area (Å²) in [6, 6.07) is 7.66. The van der Waals surface area contributed by atoms with Gasteiger partial charge in [-0.2, -0.15) is 0 Å². The molecule has 1 saturated heterocycles. The van der Waals surface area contributed by atoms with Gasteiger partial charge in [-0.05, 0) is 37.6 Å². The molecule has 3 rings (SSSR count). The zero-order valence-electron chi connectivity index (χ0n) is 15.3. The molecule has 4 nitrogen and oxygen atoms in total. The van der Waals surface area contributed by atoms with Gasteiger partial charge in [0.1, 0.15) is 5.82 Å². The molecule has 1 aliphatic heterocycles. The van der Waals surface area contributed by atoms with Crippen LogP contribution >= 0.6 is 0 Å². The summed E-state index contributed by atoms with van der Waals surface area (Å²) in [7, 11) is 0. The van der Waals surface area contributed by atoms with Crippen molar-refractivity contribution in [2.24, 2.45) is 0 Å². The van der Waals surface area contributed by atoms with Crippen LogP contribution in [0.5, 0.6) is 0 Å². The maximum atomic E-state index is 14.0. The minimum atomic E-state index is -1.12. The van der Waals surface area contributed by atoms with Gasteiger partial charge in [-0.15, -0.1) is 0 Å². The number of aromatic nitrogens is 1. The van der Waals surface area contributed by atoms with Crippen LogP contribution in [-0.2, 0) is 13.1 Å². The summed E-state index contributed by atoms with van der Waals surface area (Å²) < 4.78 is 41.3. The first kappa shape index (κ1) is 19.8. The van der Waals surface area contributed by atoms with E-state index < -0.39 is 17.5 Å². The van der Waals surface area contributed by atoms with Gasteiger partial charge in [0, 0.05) is 56.6 Å². The molecule has 0 saturated carbocycles. The van der Waals surface area contributed by atoms with Crippen LogP contribution in [0.25, 0.3) is 0 Å². The van der Waals surface area contributed by atoms with Crippen LogP contribution in [0.4, 0.5) is 13.2 Å². The molecule has 1 atom stereocenters. The fourth-order valence-corrected chi connectivity index (χ4v) is 3.57. The number of halogens is 3. The van der Waals surface area contributed by atoms with Crippen molar-refractivity contribution in [3.8, 4) is 0 Å². The number of aliphatic hydroxyl groups excluding tert-OH is 1. The molecule has 1 N–H and O–H groups in total. The Balaban J connectivity index is 1.69. The van der Waals surface area contributed by atoms with Crippen LogP contribution in [0.15, 0.2) is 30.3 Å². The second-order valence-electron chi connectivity index (χ2n) is 6.96. The fraction of sp³-hybridized carbons (Fsp3) is 0.450. The zero-order chi connectivity index (χ0) is 19.4. The molecule has 1 aliphatic rings. The highest BCUT2D eigenvalue weighted by Crippen LogP contribution is 2.22. The number of aliphatic hydroxyl groups is 1. The summed E-state index contributed by atoms with van der Waals surface area (Å²) in [6.45, 7) is 4.45. The second-order valence-corrected chi connectivity index (χ2v) is 6.96. The molecule has 0 radical (unpaired) electrons. The van der Waals surface area contributed by atoms with E-state index in [1.54, 1.807) is 0 Å². The van der Waals surface area contributed by atoms with E-state index in [0.717, 1.165) is 23.5 Å². The van der Waals surface area contributed by atoms with Crippen LogP contribution in [0.1, 0.15) is 23.4 Å². The highest BCUT2D eigenvalue weighted by atomic mass is 19.2. The van der Waals surface area contributed by atoms with Gasteiger partial charge in [-0.25, -0.2) is 13.2 Å². The van der Waals surface area contributed by atoms with Gasteiger partial charge in [-0.1, -0.05) is 6.07 Å². The largest absolute Gasteiger partial charge is 0.396 e. The number of pyridine rings is 1. The predicted octanol–water partition coefficient (Wildman–Crippen LogP) is 2.88. The number of piperazine rings is 1. The molecule has 27 heavy (non-hydrogen) atoms. The molecular formula is C20H24F3N3O. The van der Waals surface area contributed by atoms with Crippen LogP contribution in [-0.4, -0.2) is 52.2 Å². The molecule has 0 amide bonds. The highest BCUT2D eigenvalue weighted by Gasteiger charge is 2.28. The third-order valence-corrected chi connectivity index (χ3v) is 4.98. The maximum Gasteiger partial charge on any atom is 0.166 e. The molecule has 1 aromatic heterocycles. The molecule has 7 heteroatoms. The summed E-state index contributed by atoms with van der Waals surface area (Å²) in [5.74, 6) is -2.90. The van der Waals surface area contributed by atoms with Crippen molar-refractivity contribution in [3.63, 3.8) is 0 Å². The van der Waals surface area contributed by atoms with E-state index >= 15 is 0 Å². The average molecular weight is 379 g/mol. The second kappa shape index (κ2) is 8.82. The molecule has 0 aliphatic carbocycles. The Bertz CT molecular complexity index is 787. The fourth-order valence-electron chi connectivity index (χ4n) is 3.57. The van der Waals surface area contributed by atoms with Crippen molar-refractivity contribution >= 4 is 0 Å². The van der Waals surface area contributed by atoms with Crippen LogP contribution in [0, 0.1) is 24.4 Å². The third kappa shape index (κ3) is 4.86. The molecule has 0 bridgehead atoms. The summed E-state index contributed by atoms with van der Waals surface area (Å²) >= 11 is 0. The number of benzene rings is 1. The van der Waals surface area contributed by atoms with Crippen molar-refractivity contribution in [2.45, 2.75) is 32.5 Å². The molecule has 1 fully saturated rings. The standard InChI is InChI=1S/C20H24F3N3O/c1-14-3-2-4-15(24-14)11-26-9-8-25(12-16(26)7-10-27)13-17-18(21)5-6-19(22)20(17)23/h2-6,16,27H,7-13H2,1H3/t16-/m0/s1. The summed E-state index contributed by atoms with van der Waals surface area (Å²) in [5.41, 5.74) is 1.65. The van der Waals surface area contributed by atoms with E-state index in [9.17, 15) is 18.3 Å². The van der Waals surface area contributed by atoms with E-state index in [0.29, 0.717) is 32.6 Å².